The topological polar surface area (TPSA) is 0 Å². The number of hydrogen-bond donors (Lipinski definition) is 0. The molecule has 0 aliphatic rings. The van der Waals surface area contributed by atoms with E-state index in [9.17, 15) is 0 Å². The van der Waals surface area contributed by atoms with Crippen molar-refractivity contribution in [2.75, 3.05) is 24.6 Å². The summed E-state index contributed by atoms with van der Waals surface area (Å²) in [5, 5.41) is 8.96. The summed E-state index contributed by atoms with van der Waals surface area (Å²) in [6.45, 7) is 14.6. The predicted molar refractivity (Wildman–Crippen MR) is 196 cm³/mol. The van der Waals surface area contributed by atoms with E-state index in [2.05, 4.69) is 107 Å². The van der Waals surface area contributed by atoms with E-state index in [4.69, 9.17) is 0 Å². The molecule has 4 rings (SSSR count). The van der Waals surface area contributed by atoms with E-state index in [1.165, 1.54) is 97.6 Å². The van der Waals surface area contributed by atoms with Gasteiger partial charge in [-0.3, -0.25) is 0 Å². The predicted octanol–water partition coefficient (Wildman–Crippen LogP) is 12.3. The van der Waals surface area contributed by atoms with Crippen molar-refractivity contribution in [2.24, 2.45) is 0 Å². The molecule has 0 aromatic heterocycles. The van der Waals surface area contributed by atoms with Crippen LogP contribution in [0, 0.1) is 0 Å². The van der Waals surface area contributed by atoms with Gasteiger partial charge >= 0.3 is 21.7 Å². The number of benzene rings is 2. The Kier molecular flexibility index (Phi) is 22.2. The molecule has 0 spiro atoms. The Morgan fingerprint density at radius 3 is 1.24 bits per heavy atom. The standard InChI is InChI=1S/2C17H24P.C5H8.Ti/c2*1-3-5-11-18(12-6-4-2)17-13-15-9-7-8-10-16(15)14-17;1-3-5-4-2;/h2*7-10,13-14H,3-6,11-12H2,1-2H3;3-5H,1H2,2H3;/q2*-1;;+2/b;;5-4+;. The van der Waals surface area contributed by atoms with Crippen LogP contribution in [0.2, 0.25) is 0 Å². The minimum absolute atomic E-state index is 0. The van der Waals surface area contributed by atoms with Crippen LogP contribution in [0.1, 0.15) is 86.0 Å². The molecule has 0 N–H and O–H groups in total. The van der Waals surface area contributed by atoms with Crippen LogP contribution in [0.3, 0.4) is 0 Å². The van der Waals surface area contributed by atoms with E-state index in [1.54, 1.807) is 16.7 Å². The minimum Gasteiger partial charge on any atom is -0.161 e. The molecule has 0 bridgehead atoms. The van der Waals surface area contributed by atoms with Crippen LogP contribution in [-0.2, 0) is 21.7 Å². The second-order valence-corrected chi connectivity index (χ2v) is 15.8. The molecule has 3 heteroatoms. The number of fused-ring (bicyclic) bond motifs is 2. The maximum atomic E-state index is 3.46. The largest absolute Gasteiger partial charge is 2.00 e. The Morgan fingerprint density at radius 2 is 0.976 bits per heavy atom. The van der Waals surface area contributed by atoms with Crippen LogP contribution < -0.4 is 10.6 Å². The Morgan fingerprint density at radius 1 is 0.619 bits per heavy atom. The van der Waals surface area contributed by atoms with Gasteiger partial charge in [-0.05, 0) is 57.3 Å². The summed E-state index contributed by atoms with van der Waals surface area (Å²) in [5.74, 6) is 0. The van der Waals surface area contributed by atoms with Crippen LogP contribution in [0.5, 0.6) is 0 Å². The molecule has 0 fully saturated rings. The number of rotatable bonds is 15. The molecule has 0 aliphatic carbocycles. The van der Waals surface area contributed by atoms with Gasteiger partial charge in [0.25, 0.3) is 0 Å². The third-order valence-corrected chi connectivity index (χ3v) is 12.8. The van der Waals surface area contributed by atoms with Gasteiger partial charge in [-0.1, -0.05) is 106 Å². The van der Waals surface area contributed by atoms with Gasteiger partial charge in [0.15, 0.2) is 0 Å². The zero-order valence-electron chi connectivity index (χ0n) is 27.2. The molecule has 0 nitrogen and oxygen atoms in total. The van der Waals surface area contributed by atoms with Crippen molar-refractivity contribution >= 4 is 48.0 Å². The first kappa shape index (κ1) is 38.7. The van der Waals surface area contributed by atoms with E-state index in [-0.39, 0.29) is 37.6 Å². The molecule has 42 heavy (non-hydrogen) atoms. The maximum Gasteiger partial charge on any atom is 2.00 e. The number of hydrogen-bond acceptors (Lipinski definition) is 0. The molecule has 4 aromatic rings. The van der Waals surface area contributed by atoms with E-state index in [0.717, 1.165) is 0 Å². The second-order valence-electron chi connectivity index (χ2n) is 10.8. The fraction of sp³-hybridized carbons (Fsp3) is 0.436. The van der Waals surface area contributed by atoms with E-state index in [1.807, 2.05) is 19.1 Å². The third-order valence-electron chi connectivity index (χ3n) is 7.39. The van der Waals surface area contributed by atoms with Crippen molar-refractivity contribution in [1.82, 2.24) is 0 Å². The summed E-state index contributed by atoms with van der Waals surface area (Å²) in [6.07, 6.45) is 22.1. The zero-order valence-corrected chi connectivity index (χ0v) is 30.6. The molecular weight excluding hydrogens is 578 g/mol. The molecule has 0 heterocycles. The van der Waals surface area contributed by atoms with Gasteiger partial charge < -0.3 is 0 Å². The zero-order chi connectivity index (χ0) is 29.7. The maximum absolute atomic E-state index is 3.46. The Balaban J connectivity index is 0.000000355. The van der Waals surface area contributed by atoms with Crippen LogP contribution in [-0.4, -0.2) is 24.6 Å². The average Bonchev–Trinajstić information content (AvgIpc) is 3.63. The first-order valence-electron chi connectivity index (χ1n) is 16.2. The van der Waals surface area contributed by atoms with E-state index >= 15 is 0 Å². The average molecular weight is 635 g/mol. The molecule has 0 saturated carbocycles. The summed E-state index contributed by atoms with van der Waals surface area (Å²) < 4.78 is 0. The molecule has 0 unspecified atom stereocenters. The van der Waals surface area contributed by atoms with Gasteiger partial charge in [-0.15, -0.1) is 80.7 Å². The first-order valence-corrected chi connectivity index (χ1v) is 19.6. The van der Waals surface area contributed by atoms with Crippen molar-refractivity contribution in [3.63, 3.8) is 0 Å². The smallest absolute Gasteiger partial charge is 0.161 e. The van der Waals surface area contributed by atoms with Gasteiger partial charge in [0, 0.05) is 0 Å². The molecule has 226 valence electrons. The molecule has 0 saturated heterocycles. The van der Waals surface area contributed by atoms with Crippen LogP contribution in [0.25, 0.3) is 21.5 Å². The van der Waals surface area contributed by atoms with Gasteiger partial charge in [0.05, 0.1) is 0 Å². The van der Waals surface area contributed by atoms with Gasteiger partial charge in [-0.25, -0.2) is 0 Å². The molecule has 0 radical (unpaired) electrons. The van der Waals surface area contributed by atoms with E-state index < -0.39 is 0 Å². The SMILES string of the molecule is C=C/C=C/C.CCCCP(CCCC)c1cc2ccccc2[cH-]1.CCCCP(CCCC)c1cc2ccccc2[cH-]1.[Ti+2]. The Bertz CT molecular complexity index is 1080. The molecule has 0 atom stereocenters. The fourth-order valence-electron chi connectivity index (χ4n) is 4.91. The number of allylic oxidation sites excluding steroid dienone is 3. The summed E-state index contributed by atoms with van der Waals surface area (Å²) >= 11 is 0. The number of unbranched alkanes of at least 4 members (excludes halogenated alkanes) is 4. The summed E-state index contributed by atoms with van der Waals surface area (Å²) in [6, 6.07) is 27.3. The molecule has 0 amide bonds. The monoisotopic (exact) mass is 634 g/mol. The second kappa shape index (κ2) is 24.1. The van der Waals surface area contributed by atoms with Gasteiger partial charge in [-0.2, -0.15) is 12.1 Å². The normalized spacial score (nSPS) is 10.9. The Labute approximate surface area is 276 Å². The van der Waals surface area contributed by atoms with Crippen molar-refractivity contribution in [2.45, 2.75) is 86.0 Å². The van der Waals surface area contributed by atoms with E-state index in [0.29, 0.717) is 0 Å². The van der Waals surface area contributed by atoms with Crippen molar-refractivity contribution < 1.29 is 21.7 Å². The van der Waals surface area contributed by atoms with Crippen molar-refractivity contribution in [3.8, 4) is 0 Å². The summed E-state index contributed by atoms with van der Waals surface area (Å²) in [4.78, 5) is 0. The molecule has 4 aromatic carbocycles. The van der Waals surface area contributed by atoms with Crippen LogP contribution in [0.15, 0.2) is 97.6 Å². The van der Waals surface area contributed by atoms with Crippen LogP contribution >= 0.6 is 15.8 Å². The summed E-state index contributed by atoms with van der Waals surface area (Å²) in [7, 11) is 0.171. The summed E-state index contributed by atoms with van der Waals surface area (Å²) in [5.41, 5.74) is 0. The third kappa shape index (κ3) is 14.0. The Hall–Kier alpha value is -1.29. The first-order chi connectivity index (χ1) is 20.1. The van der Waals surface area contributed by atoms with Crippen molar-refractivity contribution in [3.05, 3.63) is 97.6 Å². The quantitative estimate of drug-likeness (QED) is 0.0528. The van der Waals surface area contributed by atoms with Gasteiger partial charge in [0.1, 0.15) is 0 Å². The van der Waals surface area contributed by atoms with Gasteiger partial charge in [0.2, 0.25) is 0 Å². The van der Waals surface area contributed by atoms with Crippen molar-refractivity contribution in [1.29, 1.82) is 0 Å². The molecular formula is C39H56P2Ti. The van der Waals surface area contributed by atoms with Crippen LogP contribution in [0.4, 0.5) is 0 Å². The fourth-order valence-corrected chi connectivity index (χ4v) is 10.5. The minimum atomic E-state index is 0. The molecule has 0 aliphatic heterocycles.